The standard InChI is InChI=1S/C17H20FN3O/c18-15-6-4-14(5-7-15)17(22)8-12-20-10-1-3-16(13-20)21-11-2-9-19-21/h2,4-7,9,11,16H,1,3,8,10,12-13H2. The smallest absolute Gasteiger partial charge is 0.164 e. The fourth-order valence-corrected chi connectivity index (χ4v) is 2.99. The Morgan fingerprint density at radius 2 is 2.14 bits per heavy atom. The first kappa shape index (κ1) is 14.9. The lowest BCUT2D eigenvalue weighted by atomic mass is 10.0. The third-order valence-corrected chi connectivity index (χ3v) is 4.20. The van der Waals surface area contributed by atoms with Gasteiger partial charge in [-0.2, -0.15) is 5.10 Å². The van der Waals surface area contributed by atoms with Crippen LogP contribution >= 0.6 is 0 Å². The van der Waals surface area contributed by atoms with E-state index in [0.29, 0.717) is 18.0 Å². The summed E-state index contributed by atoms with van der Waals surface area (Å²) in [6, 6.07) is 8.12. The van der Waals surface area contributed by atoms with Crippen molar-refractivity contribution in [3.05, 3.63) is 54.1 Å². The van der Waals surface area contributed by atoms with Gasteiger partial charge in [-0.25, -0.2) is 4.39 Å². The molecule has 0 amide bonds. The molecule has 1 aromatic heterocycles. The predicted octanol–water partition coefficient (Wildman–Crippen LogP) is 2.93. The monoisotopic (exact) mass is 301 g/mol. The highest BCUT2D eigenvalue weighted by Crippen LogP contribution is 2.20. The van der Waals surface area contributed by atoms with Crippen molar-refractivity contribution in [2.75, 3.05) is 19.6 Å². The summed E-state index contributed by atoms with van der Waals surface area (Å²) in [5.74, 6) is -0.240. The highest BCUT2D eigenvalue weighted by Gasteiger charge is 2.21. The Labute approximate surface area is 129 Å². The van der Waals surface area contributed by atoms with Crippen molar-refractivity contribution in [1.82, 2.24) is 14.7 Å². The number of halogens is 1. The Morgan fingerprint density at radius 1 is 1.32 bits per heavy atom. The highest BCUT2D eigenvalue weighted by molar-refractivity contribution is 5.96. The van der Waals surface area contributed by atoms with Gasteiger partial charge >= 0.3 is 0 Å². The van der Waals surface area contributed by atoms with Crippen LogP contribution in [-0.4, -0.2) is 40.1 Å². The second kappa shape index (κ2) is 6.83. The molecule has 1 atom stereocenters. The van der Waals surface area contributed by atoms with E-state index in [2.05, 4.69) is 10.00 Å². The van der Waals surface area contributed by atoms with Gasteiger partial charge in [0.25, 0.3) is 0 Å². The third kappa shape index (κ3) is 3.60. The molecule has 1 aliphatic rings. The lowest BCUT2D eigenvalue weighted by Gasteiger charge is -2.32. The van der Waals surface area contributed by atoms with E-state index in [1.54, 1.807) is 18.3 Å². The van der Waals surface area contributed by atoms with Gasteiger partial charge in [0, 0.05) is 37.5 Å². The molecule has 3 rings (SSSR count). The van der Waals surface area contributed by atoms with E-state index in [1.807, 2.05) is 16.9 Å². The zero-order valence-corrected chi connectivity index (χ0v) is 12.5. The first-order valence-electron chi connectivity index (χ1n) is 7.72. The topological polar surface area (TPSA) is 38.1 Å². The molecule has 116 valence electrons. The summed E-state index contributed by atoms with van der Waals surface area (Å²) < 4.78 is 14.9. The van der Waals surface area contributed by atoms with E-state index in [4.69, 9.17) is 0 Å². The molecule has 1 saturated heterocycles. The van der Waals surface area contributed by atoms with Crippen LogP contribution in [-0.2, 0) is 0 Å². The van der Waals surface area contributed by atoms with Crippen molar-refractivity contribution in [1.29, 1.82) is 0 Å². The maximum atomic E-state index is 12.9. The van der Waals surface area contributed by atoms with Crippen LogP contribution < -0.4 is 0 Å². The number of carbonyl (C=O) groups excluding carboxylic acids is 1. The largest absolute Gasteiger partial charge is 0.301 e. The molecule has 1 unspecified atom stereocenters. The molecule has 0 N–H and O–H groups in total. The second-order valence-corrected chi connectivity index (χ2v) is 5.76. The van der Waals surface area contributed by atoms with Crippen LogP contribution in [0, 0.1) is 5.82 Å². The summed E-state index contributed by atoms with van der Waals surface area (Å²) in [4.78, 5) is 14.5. The average molecular weight is 301 g/mol. The van der Waals surface area contributed by atoms with Crippen LogP contribution in [0.15, 0.2) is 42.7 Å². The summed E-state index contributed by atoms with van der Waals surface area (Å²) in [6.45, 7) is 2.70. The molecule has 22 heavy (non-hydrogen) atoms. The fraction of sp³-hybridized carbons (Fsp3) is 0.412. The molecule has 0 bridgehead atoms. The number of aromatic nitrogens is 2. The number of ketones is 1. The summed E-state index contributed by atoms with van der Waals surface area (Å²) in [5, 5.41) is 4.31. The van der Waals surface area contributed by atoms with Crippen molar-refractivity contribution in [3.63, 3.8) is 0 Å². The van der Waals surface area contributed by atoms with E-state index >= 15 is 0 Å². The molecule has 0 aliphatic carbocycles. The molecule has 5 heteroatoms. The normalized spacial score (nSPS) is 19.2. The second-order valence-electron chi connectivity index (χ2n) is 5.76. The van der Waals surface area contributed by atoms with Crippen molar-refractivity contribution in [3.8, 4) is 0 Å². The van der Waals surface area contributed by atoms with Crippen LogP contribution in [0.25, 0.3) is 0 Å². The van der Waals surface area contributed by atoms with E-state index in [0.717, 1.165) is 32.5 Å². The zero-order valence-electron chi connectivity index (χ0n) is 12.5. The van der Waals surface area contributed by atoms with E-state index in [-0.39, 0.29) is 11.6 Å². The molecule has 2 aromatic rings. The van der Waals surface area contributed by atoms with E-state index in [9.17, 15) is 9.18 Å². The Kier molecular flexibility index (Phi) is 4.63. The SMILES string of the molecule is O=C(CCN1CCCC(n2cccn2)C1)c1ccc(F)cc1. The molecule has 4 nitrogen and oxygen atoms in total. The predicted molar refractivity (Wildman–Crippen MR) is 82.3 cm³/mol. The van der Waals surface area contributed by atoms with Gasteiger partial charge in [-0.1, -0.05) is 0 Å². The molecular weight excluding hydrogens is 281 g/mol. The first-order valence-corrected chi connectivity index (χ1v) is 7.72. The minimum absolute atomic E-state index is 0.0706. The minimum Gasteiger partial charge on any atom is -0.301 e. The lowest BCUT2D eigenvalue weighted by molar-refractivity contribution is 0.0946. The third-order valence-electron chi connectivity index (χ3n) is 4.20. The molecule has 0 spiro atoms. The fourth-order valence-electron chi connectivity index (χ4n) is 2.99. The van der Waals surface area contributed by atoms with Gasteiger partial charge in [0.2, 0.25) is 0 Å². The molecule has 1 aliphatic heterocycles. The van der Waals surface area contributed by atoms with Gasteiger partial charge < -0.3 is 4.90 Å². The molecule has 1 aromatic carbocycles. The number of carbonyl (C=O) groups is 1. The van der Waals surface area contributed by atoms with Gasteiger partial charge in [0.1, 0.15) is 5.82 Å². The van der Waals surface area contributed by atoms with Gasteiger partial charge in [0.05, 0.1) is 6.04 Å². The van der Waals surface area contributed by atoms with Crippen molar-refractivity contribution in [2.24, 2.45) is 0 Å². The van der Waals surface area contributed by atoms with Gasteiger partial charge in [-0.3, -0.25) is 9.48 Å². The number of benzene rings is 1. The molecule has 0 radical (unpaired) electrons. The van der Waals surface area contributed by atoms with Crippen LogP contribution in [0.3, 0.4) is 0 Å². The Morgan fingerprint density at radius 3 is 2.86 bits per heavy atom. The summed E-state index contributed by atoms with van der Waals surface area (Å²) in [6.07, 6.45) is 6.52. The van der Waals surface area contributed by atoms with Crippen molar-refractivity contribution >= 4 is 5.78 Å². The van der Waals surface area contributed by atoms with E-state index < -0.39 is 0 Å². The Bertz CT molecular complexity index is 609. The van der Waals surface area contributed by atoms with E-state index in [1.165, 1.54) is 12.1 Å². The summed E-state index contributed by atoms with van der Waals surface area (Å²) >= 11 is 0. The van der Waals surface area contributed by atoms with Crippen LogP contribution in [0.1, 0.15) is 35.7 Å². The molecule has 1 fully saturated rings. The summed E-state index contributed by atoms with van der Waals surface area (Å²) in [7, 11) is 0. The van der Waals surface area contributed by atoms with Gasteiger partial charge in [0.15, 0.2) is 5.78 Å². The number of hydrogen-bond donors (Lipinski definition) is 0. The number of likely N-dealkylation sites (tertiary alicyclic amines) is 1. The van der Waals surface area contributed by atoms with Crippen molar-refractivity contribution in [2.45, 2.75) is 25.3 Å². The maximum absolute atomic E-state index is 12.9. The Hall–Kier alpha value is -2.01. The summed E-state index contributed by atoms with van der Waals surface area (Å²) in [5.41, 5.74) is 0.585. The van der Waals surface area contributed by atoms with Crippen molar-refractivity contribution < 1.29 is 9.18 Å². The molecule has 0 saturated carbocycles. The lowest BCUT2D eigenvalue weighted by Crippen LogP contribution is -2.37. The minimum atomic E-state index is -0.311. The maximum Gasteiger partial charge on any atom is 0.164 e. The quantitative estimate of drug-likeness (QED) is 0.797. The number of nitrogens with zero attached hydrogens (tertiary/aromatic N) is 3. The van der Waals surface area contributed by atoms with Gasteiger partial charge in [-0.15, -0.1) is 0 Å². The highest BCUT2D eigenvalue weighted by atomic mass is 19.1. The van der Waals surface area contributed by atoms with Gasteiger partial charge in [-0.05, 0) is 49.7 Å². The van der Waals surface area contributed by atoms with Crippen LogP contribution in [0.4, 0.5) is 4.39 Å². The molecule has 2 heterocycles. The average Bonchev–Trinajstić information content (AvgIpc) is 3.08. The number of Topliss-reactive ketones (excluding diaryl/α,β-unsaturated/α-hetero) is 1. The van der Waals surface area contributed by atoms with Crippen LogP contribution in [0.2, 0.25) is 0 Å². The first-order chi connectivity index (χ1) is 10.7. The number of hydrogen-bond acceptors (Lipinski definition) is 3. The molecular formula is C17H20FN3O. The number of piperidine rings is 1. The van der Waals surface area contributed by atoms with Crippen LogP contribution in [0.5, 0.6) is 0 Å². The Balaban J connectivity index is 1.52. The number of rotatable bonds is 5. The zero-order chi connectivity index (χ0) is 15.4.